The van der Waals surface area contributed by atoms with Crippen LogP contribution in [0.2, 0.25) is 5.02 Å². The van der Waals surface area contributed by atoms with E-state index in [2.05, 4.69) is 5.10 Å². The molecule has 0 atom stereocenters. The number of hydrogen-bond acceptors (Lipinski definition) is 2. The summed E-state index contributed by atoms with van der Waals surface area (Å²) in [6, 6.07) is 1.43. The lowest BCUT2D eigenvalue weighted by molar-refractivity contribution is 0.479. The Kier molecular flexibility index (Phi) is 1.51. The molecular weight excluding hydrogens is 174 g/mol. The van der Waals surface area contributed by atoms with E-state index in [0.29, 0.717) is 16.0 Å². The summed E-state index contributed by atoms with van der Waals surface area (Å²) in [6.45, 7) is 0. The normalized spacial score (nSPS) is 10.8. The van der Waals surface area contributed by atoms with Crippen molar-refractivity contribution in [1.82, 2.24) is 9.61 Å². The van der Waals surface area contributed by atoms with Gasteiger partial charge in [0.2, 0.25) is 0 Å². The number of halogens is 1. The molecule has 5 heteroatoms. The molecule has 0 aliphatic heterocycles. The third-order valence-electron chi connectivity index (χ3n) is 1.57. The molecule has 0 aliphatic carbocycles. The van der Waals surface area contributed by atoms with Gasteiger partial charge in [0.15, 0.2) is 0 Å². The Bertz CT molecular complexity index is 440. The highest BCUT2D eigenvalue weighted by Gasteiger charge is 2.06. The Morgan fingerprint density at radius 2 is 2.33 bits per heavy atom. The highest BCUT2D eigenvalue weighted by Crippen LogP contribution is 2.23. The minimum atomic E-state index is 0.0394. The second-order valence-corrected chi connectivity index (χ2v) is 2.85. The molecule has 2 aromatic rings. The number of hydrogen-bond donors (Lipinski definition) is 1. The van der Waals surface area contributed by atoms with Crippen LogP contribution in [0.25, 0.3) is 5.52 Å². The van der Waals surface area contributed by atoms with Crippen LogP contribution in [0.5, 0.6) is 5.75 Å². The van der Waals surface area contributed by atoms with Gasteiger partial charge < -0.3 is 5.11 Å². The summed E-state index contributed by atoms with van der Waals surface area (Å²) in [5, 5.41) is 13.7. The zero-order chi connectivity index (χ0) is 8.72. The molecule has 2 rings (SSSR count). The Morgan fingerprint density at radius 3 is 3.08 bits per heavy atom. The van der Waals surface area contributed by atoms with E-state index in [4.69, 9.17) is 19.4 Å². The van der Waals surface area contributed by atoms with E-state index in [0.717, 1.165) is 0 Å². The smallest absolute Gasteiger partial charge is 0.142 e. The van der Waals surface area contributed by atoms with E-state index >= 15 is 0 Å². The van der Waals surface area contributed by atoms with E-state index in [-0.39, 0.29) is 5.75 Å². The third kappa shape index (κ3) is 0.957. The summed E-state index contributed by atoms with van der Waals surface area (Å²) in [6.07, 6.45) is 3.04. The summed E-state index contributed by atoms with van der Waals surface area (Å²) in [7, 11) is 5.47. The molecule has 2 radical (unpaired) electrons. The summed E-state index contributed by atoms with van der Waals surface area (Å²) >= 11 is 5.75. The van der Waals surface area contributed by atoms with Crippen LogP contribution in [0.4, 0.5) is 0 Å². The molecule has 12 heavy (non-hydrogen) atoms. The molecule has 0 fully saturated rings. The quantitative estimate of drug-likeness (QED) is 0.596. The predicted octanol–water partition coefficient (Wildman–Crippen LogP) is 0.487. The van der Waals surface area contributed by atoms with Crippen molar-refractivity contribution in [2.24, 2.45) is 0 Å². The van der Waals surface area contributed by atoms with Gasteiger partial charge >= 0.3 is 0 Å². The number of aromatic hydroxyl groups is 1. The minimum Gasteiger partial charge on any atom is -0.506 e. The van der Waals surface area contributed by atoms with Crippen molar-refractivity contribution in [3.05, 3.63) is 23.5 Å². The van der Waals surface area contributed by atoms with Crippen LogP contribution < -0.4 is 5.46 Å². The van der Waals surface area contributed by atoms with Crippen LogP contribution in [0.1, 0.15) is 0 Å². The number of rotatable bonds is 0. The van der Waals surface area contributed by atoms with Crippen molar-refractivity contribution in [2.45, 2.75) is 0 Å². The van der Waals surface area contributed by atoms with Gasteiger partial charge in [-0.05, 0) is 6.07 Å². The van der Waals surface area contributed by atoms with Crippen molar-refractivity contribution >= 4 is 30.4 Å². The molecule has 2 heterocycles. The van der Waals surface area contributed by atoms with Crippen molar-refractivity contribution in [2.75, 3.05) is 0 Å². The van der Waals surface area contributed by atoms with Crippen LogP contribution in [0.3, 0.4) is 0 Å². The van der Waals surface area contributed by atoms with E-state index in [1.54, 1.807) is 6.20 Å². The van der Waals surface area contributed by atoms with Gasteiger partial charge in [-0.1, -0.05) is 17.1 Å². The maximum absolute atomic E-state index is 9.40. The number of nitrogens with zero attached hydrogens (tertiary/aromatic N) is 2. The molecule has 3 nitrogen and oxygen atoms in total. The Labute approximate surface area is 75.0 Å². The largest absolute Gasteiger partial charge is 0.506 e. The minimum absolute atomic E-state index is 0.0394. The summed E-state index contributed by atoms with van der Waals surface area (Å²) < 4.78 is 1.44. The first-order valence-corrected chi connectivity index (χ1v) is 3.67. The molecular formula is C7H4BClN2O. The third-order valence-corrected chi connectivity index (χ3v) is 1.84. The highest BCUT2D eigenvalue weighted by atomic mass is 35.5. The standard InChI is InChI=1S/C7H4BClN2O/c8-4-1-6(12)7-5(9)2-10-11(7)3-4/h1-3,12H. The lowest BCUT2D eigenvalue weighted by Crippen LogP contribution is -2.05. The van der Waals surface area contributed by atoms with Crippen molar-refractivity contribution in [3.63, 3.8) is 0 Å². The predicted molar refractivity (Wildman–Crippen MR) is 47.3 cm³/mol. The van der Waals surface area contributed by atoms with Gasteiger partial charge in [0, 0.05) is 6.20 Å². The van der Waals surface area contributed by atoms with Gasteiger partial charge in [0.1, 0.15) is 19.1 Å². The summed E-state index contributed by atoms with van der Waals surface area (Å²) in [5.74, 6) is 0.0394. The van der Waals surface area contributed by atoms with E-state index in [9.17, 15) is 5.11 Å². The van der Waals surface area contributed by atoms with Gasteiger partial charge in [0.25, 0.3) is 0 Å². The first kappa shape index (κ1) is 7.49. The highest BCUT2D eigenvalue weighted by molar-refractivity contribution is 6.35. The zero-order valence-corrected chi connectivity index (χ0v) is 6.78. The average Bonchev–Trinajstić information content (AvgIpc) is 2.31. The molecule has 2 aromatic heterocycles. The Balaban J connectivity index is 2.93. The van der Waals surface area contributed by atoms with E-state index < -0.39 is 0 Å². The first-order valence-electron chi connectivity index (χ1n) is 3.30. The average molecular weight is 178 g/mol. The molecule has 0 saturated carbocycles. The molecule has 0 saturated heterocycles. The molecule has 0 bridgehead atoms. The topological polar surface area (TPSA) is 37.5 Å². The van der Waals surface area contributed by atoms with Gasteiger partial charge in [0.05, 0.1) is 11.2 Å². The number of pyridine rings is 1. The van der Waals surface area contributed by atoms with Crippen molar-refractivity contribution in [3.8, 4) is 5.75 Å². The van der Waals surface area contributed by atoms with E-state index in [1.165, 1.54) is 16.8 Å². The maximum Gasteiger partial charge on any atom is 0.142 e. The second-order valence-electron chi connectivity index (χ2n) is 2.44. The van der Waals surface area contributed by atoms with Crippen LogP contribution in [0.15, 0.2) is 18.5 Å². The summed E-state index contributed by atoms with van der Waals surface area (Å²) in [4.78, 5) is 0. The van der Waals surface area contributed by atoms with Gasteiger partial charge in [-0.2, -0.15) is 5.10 Å². The molecule has 0 unspecified atom stereocenters. The molecule has 0 aromatic carbocycles. The molecule has 0 aliphatic rings. The first-order chi connectivity index (χ1) is 5.68. The molecule has 1 N–H and O–H groups in total. The molecule has 0 amide bonds. The van der Waals surface area contributed by atoms with Gasteiger partial charge in [-0.25, -0.2) is 4.52 Å². The maximum atomic E-state index is 9.40. The van der Waals surface area contributed by atoms with Crippen molar-refractivity contribution in [1.29, 1.82) is 0 Å². The summed E-state index contributed by atoms with van der Waals surface area (Å²) in [5.41, 5.74) is 0.922. The van der Waals surface area contributed by atoms with Gasteiger partial charge in [-0.3, -0.25) is 0 Å². The monoisotopic (exact) mass is 178 g/mol. The fourth-order valence-corrected chi connectivity index (χ4v) is 1.31. The Hall–Kier alpha value is -1.16. The SMILES string of the molecule is [B]c1cc(O)c2c(Cl)cnn2c1. The number of aromatic nitrogens is 2. The van der Waals surface area contributed by atoms with Crippen LogP contribution in [-0.2, 0) is 0 Å². The molecule has 58 valence electrons. The lowest BCUT2D eigenvalue weighted by atomic mass is 9.98. The lowest BCUT2D eigenvalue weighted by Gasteiger charge is -1.99. The Morgan fingerprint density at radius 1 is 1.58 bits per heavy atom. The van der Waals surface area contributed by atoms with Crippen LogP contribution in [0, 0.1) is 0 Å². The zero-order valence-electron chi connectivity index (χ0n) is 6.03. The van der Waals surface area contributed by atoms with E-state index in [1.807, 2.05) is 0 Å². The number of fused-ring (bicyclic) bond motifs is 1. The molecule has 0 spiro atoms. The second kappa shape index (κ2) is 2.42. The fourth-order valence-electron chi connectivity index (χ4n) is 1.08. The fraction of sp³-hybridized carbons (Fsp3) is 0. The van der Waals surface area contributed by atoms with Crippen molar-refractivity contribution < 1.29 is 5.11 Å². The van der Waals surface area contributed by atoms with Gasteiger partial charge in [-0.15, -0.1) is 0 Å². The van der Waals surface area contributed by atoms with Crippen LogP contribution in [-0.4, -0.2) is 22.6 Å². The van der Waals surface area contributed by atoms with Crippen LogP contribution >= 0.6 is 11.6 Å².